The minimum atomic E-state index is 0.192. The quantitative estimate of drug-likeness (QED) is 0.787. The molecule has 92 valence electrons. The summed E-state index contributed by atoms with van der Waals surface area (Å²) in [5.41, 5.74) is 0.787. The third kappa shape index (κ3) is 2.90. The predicted octanol–water partition coefficient (Wildman–Crippen LogP) is 3.05. The molecule has 0 aliphatic carbocycles. The maximum Gasteiger partial charge on any atom is 0.162 e. The summed E-state index contributed by atoms with van der Waals surface area (Å²) in [7, 11) is 1.85. The van der Waals surface area contributed by atoms with Crippen LogP contribution in [0.5, 0.6) is 0 Å². The second-order valence-corrected chi connectivity index (χ2v) is 7.00. The van der Waals surface area contributed by atoms with Crippen molar-refractivity contribution in [1.29, 1.82) is 0 Å². The summed E-state index contributed by atoms with van der Waals surface area (Å²) >= 11 is 7.91. The van der Waals surface area contributed by atoms with Crippen molar-refractivity contribution in [3.63, 3.8) is 0 Å². The van der Waals surface area contributed by atoms with E-state index in [1.54, 1.807) is 22.6 Å². The molecule has 0 radical (unpaired) electrons. The Morgan fingerprint density at radius 1 is 1.35 bits per heavy atom. The minimum Gasteiger partial charge on any atom is -0.250 e. The molecule has 4 nitrogen and oxygen atoms in total. The highest BCUT2D eigenvalue weighted by Gasteiger charge is 2.14. The molecular formula is C11H15ClN4S. The molecule has 2 aromatic rings. The summed E-state index contributed by atoms with van der Waals surface area (Å²) < 4.78 is 1.91. The fraction of sp³-hybridized carbons (Fsp3) is 0.545. The number of aromatic nitrogens is 4. The van der Waals surface area contributed by atoms with Crippen LogP contribution in [-0.4, -0.2) is 24.5 Å². The number of aryl methyl sites for hydroxylation is 1. The predicted molar refractivity (Wildman–Crippen MR) is 72.4 cm³/mol. The van der Waals surface area contributed by atoms with Crippen molar-refractivity contribution in [3.8, 4) is 0 Å². The van der Waals surface area contributed by atoms with Gasteiger partial charge in [-0.25, -0.2) is 9.97 Å². The van der Waals surface area contributed by atoms with E-state index in [9.17, 15) is 0 Å². The Morgan fingerprint density at radius 2 is 2.06 bits per heavy atom. The highest BCUT2D eigenvalue weighted by molar-refractivity contribution is 7.99. The average molecular weight is 271 g/mol. The molecule has 6 heteroatoms. The Kier molecular flexibility index (Phi) is 3.32. The van der Waals surface area contributed by atoms with Crippen LogP contribution < -0.4 is 0 Å². The first-order valence-corrected chi connectivity index (χ1v) is 6.71. The summed E-state index contributed by atoms with van der Waals surface area (Å²) in [6, 6.07) is 0. The van der Waals surface area contributed by atoms with Crippen molar-refractivity contribution < 1.29 is 0 Å². The van der Waals surface area contributed by atoms with E-state index < -0.39 is 0 Å². The van der Waals surface area contributed by atoms with Crippen LogP contribution in [0, 0.1) is 0 Å². The summed E-state index contributed by atoms with van der Waals surface area (Å²) in [6.07, 6.45) is 1.69. The molecule has 0 aromatic carbocycles. The van der Waals surface area contributed by atoms with Gasteiger partial charge >= 0.3 is 0 Å². The smallest absolute Gasteiger partial charge is 0.162 e. The lowest BCUT2D eigenvalue weighted by Crippen LogP contribution is -2.09. The third-order valence-corrected chi connectivity index (χ3v) is 3.78. The van der Waals surface area contributed by atoms with Crippen molar-refractivity contribution in [1.82, 2.24) is 19.7 Å². The number of halogens is 1. The van der Waals surface area contributed by atoms with Crippen LogP contribution in [0.1, 0.15) is 26.6 Å². The average Bonchev–Trinajstić information content (AvgIpc) is 2.57. The second-order valence-electron chi connectivity index (χ2n) is 4.84. The van der Waals surface area contributed by atoms with Gasteiger partial charge in [0.15, 0.2) is 5.65 Å². The fourth-order valence-corrected chi connectivity index (χ4v) is 2.30. The zero-order valence-electron chi connectivity index (χ0n) is 10.4. The van der Waals surface area contributed by atoms with E-state index in [2.05, 4.69) is 35.8 Å². The molecular weight excluding hydrogens is 256 g/mol. The van der Waals surface area contributed by atoms with Gasteiger partial charge in [-0.1, -0.05) is 32.4 Å². The third-order valence-electron chi connectivity index (χ3n) is 2.23. The van der Waals surface area contributed by atoms with E-state index in [0.717, 1.165) is 22.6 Å². The molecule has 0 N–H and O–H groups in total. The van der Waals surface area contributed by atoms with E-state index in [-0.39, 0.29) is 4.75 Å². The lowest BCUT2D eigenvalue weighted by atomic mass is 10.3. The Balaban J connectivity index is 2.33. The van der Waals surface area contributed by atoms with Crippen LogP contribution >= 0.6 is 23.4 Å². The van der Waals surface area contributed by atoms with E-state index in [1.165, 1.54) is 0 Å². The fourth-order valence-electron chi connectivity index (χ4n) is 1.38. The number of nitrogens with zero attached hydrogens (tertiary/aromatic N) is 4. The number of hydrogen-bond acceptors (Lipinski definition) is 4. The number of fused-ring (bicyclic) bond motifs is 1. The number of rotatable bonds is 2. The van der Waals surface area contributed by atoms with E-state index in [1.807, 2.05) is 7.05 Å². The van der Waals surface area contributed by atoms with Crippen molar-refractivity contribution in [2.45, 2.75) is 31.3 Å². The van der Waals surface area contributed by atoms with Crippen LogP contribution in [0.25, 0.3) is 11.0 Å². The van der Waals surface area contributed by atoms with Crippen LogP contribution in [0.15, 0.2) is 6.20 Å². The molecule has 0 fully saturated rings. The molecule has 0 spiro atoms. The van der Waals surface area contributed by atoms with Gasteiger partial charge in [-0.3, -0.25) is 4.68 Å². The van der Waals surface area contributed by atoms with Gasteiger partial charge in [0.05, 0.1) is 17.3 Å². The maximum atomic E-state index is 6.11. The first-order valence-electron chi connectivity index (χ1n) is 5.35. The largest absolute Gasteiger partial charge is 0.250 e. The molecule has 0 saturated carbocycles. The molecule has 17 heavy (non-hydrogen) atoms. The first-order chi connectivity index (χ1) is 7.87. The molecule has 0 aliphatic rings. The highest BCUT2D eigenvalue weighted by atomic mass is 35.5. The van der Waals surface area contributed by atoms with Crippen molar-refractivity contribution >= 4 is 34.4 Å². The minimum absolute atomic E-state index is 0.192. The molecule has 0 saturated heterocycles. The van der Waals surface area contributed by atoms with Gasteiger partial charge in [-0.2, -0.15) is 5.10 Å². The molecule has 0 atom stereocenters. The standard InChI is InChI=1S/C11H15ClN4S/c1-11(2,3)17-6-8-14-9(12)7-5-13-16(4)10(7)15-8/h5H,6H2,1-4H3. The Hall–Kier alpha value is -0.810. The summed E-state index contributed by atoms with van der Waals surface area (Å²) in [5, 5.41) is 5.41. The monoisotopic (exact) mass is 270 g/mol. The van der Waals surface area contributed by atoms with Gasteiger partial charge in [-0.15, -0.1) is 11.8 Å². The second kappa shape index (κ2) is 4.46. The van der Waals surface area contributed by atoms with Crippen molar-refractivity contribution in [2.24, 2.45) is 7.05 Å². The van der Waals surface area contributed by atoms with Crippen molar-refractivity contribution in [3.05, 3.63) is 17.2 Å². The molecule has 2 heterocycles. The van der Waals surface area contributed by atoms with Crippen LogP contribution in [0.2, 0.25) is 5.15 Å². The van der Waals surface area contributed by atoms with Gasteiger partial charge < -0.3 is 0 Å². The molecule has 0 bridgehead atoms. The van der Waals surface area contributed by atoms with Crippen molar-refractivity contribution in [2.75, 3.05) is 0 Å². The van der Waals surface area contributed by atoms with Crippen LogP contribution in [0.3, 0.4) is 0 Å². The number of thioether (sulfide) groups is 1. The summed E-state index contributed by atoms with van der Waals surface area (Å²) in [6.45, 7) is 6.51. The van der Waals surface area contributed by atoms with Crippen LogP contribution in [-0.2, 0) is 12.8 Å². The zero-order chi connectivity index (χ0) is 12.6. The molecule has 0 aliphatic heterocycles. The van der Waals surface area contributed by atoms with E-state index in [0.29, 0.717) is 5.15 Å². The Morgan fingerprint density at radius 3 is 2.71 bits per heavy atom. The number of hydrogen-bond donors (Lipinski definition) is 0. The van der Waals surface area contributed by atoms with Gasteiger partial charge in [0, 0.05) is 11.8 Å². The maximum absolute atomic E-state index is 6.11. The lowest BCUT2D eigenvalue weighted by molar-refractivity contribution is 0.780. The zero-order valence-corrected chi connectivity index (χ0v) is 11.9. The molecule has 0 unspecified atom stereocenters. The summed E-state index contributed by atoms with van der Waals surface area (Å²) in [4.78, 5) is 8.78. The Bertz CT molecular complexity index is 544. The highest BCUT2D eigenvalue weighted by Crippen LogP contribution is 2.27. The van der Waals surface area contributed by atoms with Gasteiger partial charge in [0.2, 0.25) is 0 Å². The topological polar surface area (TPSA) is 43.6 Å². The van der Waals surface area contributed by atoms with Gasteiger partial charge in [0.25, 0.3) is 0 Å². The Labute approximate surface area is 110 Å². The molecule has 0 amide bonds. The first kappa shape index (κ1) is 12.6. The van der Waals surface area contributed by atoms with E-state index in [4.69, 9.17) is 11.6 Å². The molecule has 2 rings (SSSR count). The summed E-state index contributed by atoms with van der Waals surface area (Å²) in [5.74, 6) is 1.51. The molecule has 2 aromatic heterocycles. The van der Waals surface area contributed by atoms with Crippen LogP contribution in [0.4, 0.5) is 0 Å². The SMILES string of the molecule is Cn1ncc2c(Cl)nc(CSC(C)(C)C)nc21. The lowest BCUT2D eigenvalue weighted by Gasteiger charge is -2.16. The van der Waals surface area contributed by atoms with Gasteiger partial charge in [0.1, 0.15) is 11.0 Å². The normalized spacial score (nSPS) is 12.3. The van der Waals surface area contributed by atoms with E-state index >= 15 is 0 Å². The van der Waals surface area contributed by atoms with Gasteiger partial charge in [-0.05, 0) is 0 Å².